The van der Waals surface area contributed by atoms with E-state index in [9.17, 15) is 15.0 Å². The first kappa shape index (κ1) is 41.2. The normalized spacial score (nSPS) is 14.5. The van der Waals surface area contributed by atoms with Crippen LogP contribution < -0.4 is 5.73 Å². The summed E-state index contributed by atoms with van der Waals surface area (Å²) < 4.78 is 0. The molecule has 4 N–H and O–H groups in total. The van der Waals surface area contributed by atoms with Crippen LogP contribution in [0.5, 0.6) is 0 Å². The highest BCUT2D eigenvalue weighted by molar-refractivity contribution is 7.99. The topological polar surface area (TPSA) is 96.4 Å². The number of aliphatic hydroxyl groups is 1. The van der Waals surface area contributed by atoms with Gasteiger partial charge in [0, 0.05) is 26.4 Å². The van der Waals surface area contributed by atoms with Crippen molar-refractivity contribution in [1.29, 1.82) is 0 Å². The third-order valence-electron chi connectivity index (χ3n) is 10.2. The van der Waals surface area contributed by atoms with E-state index in [0.29, 0.717) is 5.02 Å². The molecule has 1 aliphatic rings. The number of hydrogen-bond acceptors (Lipinski definition) is 5. The number of carboxylic acids is 1. The van der Waals surface area contributed by atoms with Gasteiger partial charge in [0.05, 0.1) is 29.3 Å². The number of nitrogens with two attached hydrogens (primary N) is 1. The van der Waals surface area contributed by atoms with Gasteiger partial charge in [-0.3, -0.25) is 4.79 Å². The van der Waals surface area contributed by atoms with Crippen molar-refractivity contribution in [2.45, 2.75) is 62.8 Å². The Morgan fingerprint density at radius 2 is 1.48 bits per heavy atom. The van der Waals surface area contributed by atoms with Crippen LogP contribution >= 0.6 is 35.0 Å². The standard InChI is InChI=1S/C35H36ClNO3S.C13H12ClN/c1-34(2,40)30-9-4-3-7-25(30)13-17-32(41-23-35(18-19-35)22-33(38)39)27-8-5-6-24(20-27)10-15-29-16-12-26-11-14-28(36)21-31(26)37-29;14-12-8-6-11(7-9-12)13(15)10-4-2-1-3-5-10/h3-12,14-16,20-21,32,40H,13,17-19,22-23H2,1-2H3,(H,38,39);1-9,13H,15H2/b15-10+;/t32-;/m1./s1. The second kappa shape index (κ2) is 18.7. The van der Waals surface area contributed by atoms with Crippen LogP contribution in [0.4, 0.5) is 0 Å². The molecule has 0 spiro atoms. The predicted molar refractivity (Wildman–Crippen MR) is 235 cm³/mol. The van der Waals surface area contributed by atoms with Crippen molar-refractivity contribution < 1.29 is 15.0 Å². The fourth-order valence-electron chi connectivity index (χ4n) is 6.88. The van der Waals surface area contributed by atoms with E-state index >= 15 is 0 Å². The maximum atomic E-state index is 11.5. The lowest BCUT2D eigenvalue weighted by Crippen LogP contribution is -2.18. The average Bonchev–Trinajstić information content (AvgIpc) is 3.95. The van der Waals surface area contributed by atoms with Crippen molar-refractivity contribution in [2.75, 3.05) is 5.75 Å². The Morgan fingerprint density at radius 3 is 2.20 bits per heavy atom. The molecular formula is C48H48Cl2N2O3S. The molecule has 1 saturated carbocycles. The predicted octanol–water partition coefficient (Wildman–Crippen LogP) is 12.3. The molecule has 56 heavy (non-hydrogen) atoms. The van der Waals surface area contributed by atoms with E-state index in [1.807, 2.05) is 129 Å². The van der Waals surface area contributed by atoms with Gasteiger partial charge in [-0.1, -0.05) is 132 Å². The van der Waals surface area contributed by atoms with Crippen LogP contribution in [-0.4, -0.2) is 26.9 Å². The van der Waals surface area contributed by atoms with Crippen LogP contribution in [0.3, 0.4) is 0 Å². The molecule has 5 aromatic carbocycles. The van der Waals surface area contributed by atoms with Gasteiger partial charge in [0.1, 0.15) is 0 Å². The number of aromatic nitrogens is 1. The molecule has 0 radical (unpaired) electrons. The van der Waals surface area contributed by atoms with Gasteiger partial charge in [-0.2, -0.15) is 11.8 Å². The Hall–Kier alpha value is -4.43. The molecule has 7 rings (SSSR count). The molecule has 0 saturated heterocycles. The number of thioether (sulfide) groups is 1. The summed E-state index contributed by atoms with van der Waals surface area (Å²) in [5.74, 6) is 0.122. The van der Waals surface area contributed by atoms with Gasteiger partial charge in [-0.25, -0.2) is 4.98 Å². The number of hydrogen-bond donors (Lipinski definition) is 3. The summed E-state index contributed by atoms with van der Waals surface area (Å²) in [4.78, 5) is 16.2. The SMILES string of the molecule is CC(C)(O)c1ccccc1CC[C@@H](SCC1(CC(=O)O)CC1)c1cccc(/C=C/c2ccc3ccc(Cl)cc3n2)c1.NC(c1ccccc1)c1ccc(Cl)cc1. The Bertz CT molecular complexity index is 2270. The molecule has 1 aromatic heterocycles. The minimum absolute atomic E-state index is 0.0801. The maximum Gasteiger partial charge on any atom is 0.303 e. The van der Waals surface area contributed by atoms with Gasteiger partial charge >= 0.3 is 5.97 Å². The number of carboxylic acid groups (broad SMARTS) is 1. The Labute approximate surface area is 344 Å². The number of halogens is 2. The number of rotatable bonds is 14. The third kappa shape index (κ3) is 11.6. The molecule has 1 heterocycles. The van der Waals surface area contributed by atoms with Crippen LogP contribution in [0.15, 0.2) is 133 Å². The average molecular weight is 804 g/mol. The van der Waals surface area contributed by atoms with Gasteiger partial charge in [0.2, 0.25) is 0 Å². The number of fused-ring (bicyclic) bond motifs is 1. The number of benzene rings is 5. The fourth-order valence-corrected chi connectivity index (χ4v) is 8.74. The molecule has 2 atom stereocenters. The Morgan fingerprint density at radius 1 is 0.821 bits per heavy atom. The highest BCUT2D eigenvalue weighted by Crippen LogP contribution is 2.53. The van der Waals surface area contributed by atoms with Crippen molar-refractivity contribution in [3.05, 3.63) is 183 Å². The minimum Gasteiger partial charge on any atom is -0.481 e. The molecule has 0 aliphatic heterocycles. The van der Waals surface area contributed by atoms with Crippen LogP contribution in [0.1, 0.15) is 89.9 Å². The third-order valence-corrected chi connectivity index (χ3v) is 12.4. The molecule has 0 amide bonds. The highest BCUT2D eigenvalue weighted by Gasteiger charge is 2.44. The molecule has 1 aliphatic carbocycles. The summed E-state index contributed by atoms with van der Waals surface area (Å²) in [6.45, 7) is 3.66. The summed E-state index contributed by atoms with van der Waals surface area (Å²) >= 11 is 13.9. The number of nitrogens with zero attached hydrogens (tertiary/aromatic N) is 1. The van der Waals surface area contributed by atoms with Crippen LogP contribution in [0.2, 0.25) is 10.0 Å². The molecule has 1 fully saturated rings. The zero-order valence-electron chi connectivity index (χ0n) is 31.7. The summed E-state index contributed by atoms with van der Waals surface area (Å²) in [6.07, 6.45) is 8.02. The second-order valence-corrected chi connectivity index (χ2v) is 17.2. The van der Waals surface area contributed by atoms with E-state index in [0.717, 1.165) is 80.9 Å². The van der Waals surface area contributed by atoms with E-state index in [1.54, 1.807) is 0 Å². The zero-order chi connectivity index (χ0) is 39.7. The molecular weight excluding hydrogens is 756 g/mol. The summed E-state index contributed by atoms with van der Waals surface area (Å²) in [7, 11) is 0. The van der Waals surface area contributed by atoms with Gasteiger partial charge in [0.15, 0.2) is 0 Å². The summed E-state index contributed by atoms with van der Waals surface area (Å²) in [6, 6.07) is 44.0. The first-order valence-corrected chi connectivity index (χ1v) is 20.7. The molecule has 1 unspecified atom stereocenters. The lowest BCUT2D eigenvalue weighted by atomic mass is 9.90. The minimum atomic E-state index is -0.911. The number of carbonyl (C=O) groups is 1. The van der Waals surface area contributed by atoms with Gasteiger partial charge in [-0.15, -0.1) is 0 Å². The zero-order valence-corrected chi connectivity index (χ0v) is 34.1. The smallest absolute Gasteiger partial charge is 0.303 e. The van der Waals surface area contributed by atoms with E-state index in [-0.39, 0.29) is 23.1 Å². The van der Waals surface area contributed by atoms with Crippen molar-refractivity contribution in [3.63, 3.8) is 0 Å². The highest BCUT2D eigenvalue weighted by atomic mass is 35.5. The van der Waals surface area contributed by atoms with Crippen molar-refractivity contribution in [3.8, 4) is 0 Å². The number of aliphatic carboxylic acids is 1. The van der Waals surface area contributed by atoms with Crippen molar-refractivity contribution >= 4 is 64.0 Å². The molecule has 8 heteroatoms. The van der Waals surface area contributed by atoms with Crippen molar-refractivity contribution in [2.24, 2.45) is 11.1 Å². The van der Waals surface area contributed by atoms with E-state index in [1.165, 1.54) is 5.56 Å². The lowest BCUT2D eigenvalue weighted by molar-refractivity contribution is -0.138. The quantitative estimate of drug-likeness (QED) is 0.101. The summed E-state index contributed by atoms with van der Waals surface area (Å²) in [5.41, 5.74) is 13.5. The number of pyridine rings is 1. The fraction of sp³-hybridized carbons (Fsp3) is 0.250. The summed E-state index contributed by atoms with van der Waals surface area (Å²) in [5, 5.41) is 22.8. The maximum absolute atomic E-state index is 11.5. The van der Waals surface area contributed by atoms with Crippen molar-refractivity contribution in [1.82, 2.24) is 4.98 Å². The Balaban J connectivity index is 0.000000295. The first-order valence-electron chi connectivity index (χ1n) is 18.9. The largest absolute Gasteiger partial charge is 0.481 e. The Kier molecular flexibility index (Phi) is 13.7. The van der Waals surface area contributed by atoms with Gasteiger partial charge in [-0.05, 0) is 115 Å². The second-order valence-electron chi connectivity index (χ2n) is 15.1. The van der Waals surface area contributed by atoms with Gasteiger partial charge < -0.3 is 15.9 Å². The van der Waals surface area contributed by atoms with Crippen LogP contribution in [0.25, 0.3) is 23.1 Å². The van der Waals surface area contributed by atoms with E-state index in [4.69, 9.17) is 33.9 Å². The monoisotopic (exact) mass is 802 g/mol. The molecule has 6 aromatic rings. The molecule has 288 valence electrons. The number of aryl methyl sites for hydroxylation is 1. The molecule has 5 nitrogen and oxygen atoms in total. The first-order chi connectivity index (χ1) is 26.9. The van der Waals surface area contributed by atoms with E-state index in [2.05, 4.69) is 42.5 Å². The molecule has 0 bridgehead atoms. The van der Waals surface area contributed by atoms with Crippen LogP contribution in [0, 0.1) is 5.41 Å². The van der Waals surface area contributed by atoms with E-state index < -0.39 is 11.6 Å². The van der Waals surface area contributed by atoms with Gasteiger partial charge in [0.25, 0.3) is 0 Å². The lowest BCUT2D eigenvalue weighted by Gasteiger charge is -2.24. The van der Waals surface area contributed by atoms with Crippen LogP contribution in [-0.2, 0) is 16.8 Å².